The van der Waals surface area contributed by atoms with Gasteiger partial charge in [0.1, 0.15) is 11.8 Å². The first-order valence-electron chi connectivity index (χ1n) is 13.0. The van der Waals surface area contributed by atoms with E-state index in [4.69, 9.17) is 18.9 Å². The number of methoxy groups -OCH3 is 1. The Labute approximate surface area is 245 Å². The number of nitrogens with zero attached hydrogens (tertiary/aromatic N) is 2. The van der Waals surface area contributed by atoms with Gasteiger partial charge in [-0.3, -0.25) is 9.36 Å². The lowest BCUT2D eigenvalue weighted by molar-refractivity contribution is -0.143. The van der Waals surface area contributed by atoms with E-state index in [9.17, 15) is 9.59 Å². The van der Waals surface area contributed by atoms with Crippen molar-refractivity contribution in [3.8, 4) is 17.2 Å². The summed E-state index contributed by atoms with van der Waals surface area (Å²) in [4.78, 5) is 32.5. The van der Waals surface area contributed by atoms with Gasteiger partial charge in [-0.15, -0.1) is 0 Å². The van der Waals surface area contributed by atoms with E-state index >= 15 is 0 Å². The van der Waals surface area contributed by atoms with Gasteiger partial charge in [-0.05, 0) is 83.5 Å². The second-order valence-electron chi connectivity index (χ2n) is 9.73. The average Bonchev–Trinajstić information content (AvgIpc) is 3.18. The number of esters is 1. The number of carbonyl (C=O) groups is 1. The number of carbonyl (C=O) groups excluding carboxylic acids is 1. The van der Waals surface area contributed by atoms with Crippen molar-refractivity contribution >= 4 is 39.3 Å². The molecule has 0 saturated carbocycles. The first-order valence-corrected chi connectivity index (χ1v) is 14.6. The molecule has 0 unspecified atom stereocenters. The van der Waals surface area contributed by atoms with Crippen LogP contribution in [-0.4, -0.2) is 36.5 Å². The van der Waals surface area contributed by atoms with Gasteiger partial charge in [0, 0.05) is 10.0 Å². The Morgan fingerprint density at radius 3 is 2.48 bits per heavy atom. The molecule has 40 heavy (non-hydrogen) atoms. The van der Waals surface area contributed by atoms with Gasteiger partial charge in [0.25, 0.3) is 5.56 Å². The van der Waals surface area contributed by atoms with Gasteiger partial charge in [-0.25, -0.2) is 9.79 Å². The monoisotopic (exact) mass is 628 g/mol. The SMILES string of the molecule is CCOc1cc(/C=c2\sc3n(c2=O)[C@@H](c2cc(Br)ccc2OC)C(C(=O)OC(C)C)=C(C)N=3)ccc1OC(C)C. The van der Waals surface area contributed by atoms with Crippen LogP contribution in [0.2, 0.25) is 0 Å². The fourth-order valence-electron chi connectivity index (χ4n) is 4.46. The second-order valence-corrected chi connectivity index (χ2v) is 11.7. The molecule has 0 amide bonds. The molecule has 0 saturated heterocycles. The van der Waals surface area contributed by atoms with Gasteiger partial charge in [0.15, 0.2) is 16.3 Å². The van der Waals surface area contributed by atoms with Crippen molar-refractivity contribution in [3.63, 3.8) is 0 Å². The minimum Gasteiger partial charge on any atom is -0.496 e. The van der Waals surface area contributed by atoms with Gasteiger partial charge < -0.3 is 18.9 Å². The number of halogens is 1. The molecule has 8 nitrogen and oxygen atoms in total. The summed E-state index contributed by atoms with van der Waals surface area (Å²) in [5, 5.41) is 0. The number of aromatic nitrogens is 1. The Kier molecular flexibility index (Phi) is 9.20. The zero-order chi connectivity index (χ0) is 29.1. The molecule has 2 heterocycles. The van der Waals surface area contributed by atoms with Crippen LogP contribution in [0.25, 0.3) is 6.08 Å². The number of thiazole rings is 1. The zero-order valence-corrected chi connectivity index (χ0v) is 26.0. The predicted octanol–water partition coefficient (Wildman–Crippen LogP) is 5.14. The van der Waals surface area contributed by atoms with Crippen LogP contribution < -0.4 is 29.1 Å². The number of fused-ring (bicyclic) bond motifs is 1. The first kappa shape index (κ1) is 29.6. The van der Waals surface area contributed by atoms with Crippen LogP contribution in [0.3, 0.4) is 0 Å². The van der Waals surface area contributed by atoms with Crippen LogP contribution in [0, 0.1) is 0 Å². The summed E-state index contributed by atoms with van der Waals surface area (Å²) >= 11 is 4.78. The normalized spacial score (nSPS) is 15.2. The van der Waals surface area contributed by atoms with Gasteiger partial charge in [0.05, 0.1) is 41.7 Å². The third kappa shape index (κ3) is 6.18. The highest BCUT2D eigenvalue weighted by atomic mass is 79.9. The fourth-order valence-corrected chi connectivity index (χ4v) is 5.88. The van der Waals surface area contributed by atoms with Crippen LogP contribution in [-0.2, 0) is 9.53 Å². The lowest BCUT2D eigenvalue weighted by Crippen LogP contribution is -2.40. The summed E-state index contributed by atoms with van der Waals surface area (Å²) < 4.78 is 25.7. The van der Waals surface area contributed by atoms with Gasteiger partial charge in [-0.2, -0.15) is 0 Å². The van der Waals surface area contributed by atoms with Crippen LogP contribution in [0.1, 0.15) is 58.7 Å². The number of hydrogen-bond acceptors (Lipinski definition) is 8. The lowest BCUT2D eigenvalue weighted by atomic mass is 9.95. The molecule has 1 atom stereocenters. The minimum atomic E-state index is -0.794. The van der Waals surface area contributed by atoms with Crippen LogP contribution in [0.5, 0.6) is 17.2 Å². The molecule has 1 aromatic heterocycles. The summed E-state index contributed by atoms with van der Waals surface area (Å²) in [6, 6.07) is 10.3. The largest absolute Gasteiger partial charge is 0.496 e. The summed E-state index contributed by atoms with van der Waals surface area (Å²) in [6.45, 7) is 11.6. The Hall–Kier alpha value is -3.37. The zero-order valence-electron chi connectivity index (χ0n) is 23.6. The lowest BCUT2D eigenvalue weighted by Gasteiger charge is -2.26. The highest BCUT2D eigenvalue weighted by Gasteiger charge is 2.35. The Balaban J connectivity index is 1.93. The van der Waals surface area contributed by atoms with E-state index in [1.54, 1.807) is 44.6 Å². The molecule has 3 aromatic rings. The minimum absolute atomic E-state index is 0.0106. The number of hydrogen-bond donors (Lipinski definition) is 0. The Morgan fingerprint density at radius 2 is 1.82 bits per heavy atom. The standard InChI is InChI=1S/C30H33BrN2O6S/c1-8-37-24-13-19(9-11-23(24)38-16(2)3)14-25-28(34)33-27(21-15-20(31)10-12-22(21)36-7)26(29(35)39-17(4)5)18(6)32-30(33)40-25/h9-17,27H,8H2,1-7H3/b25-14-/t27-/m0/s1. The summed E-state index contributed by atoms with van der Waals surface area (Å²) in [5.74, 6) is 1.25. The van der Waals surface area contributed by atoms with Crippen molar-refractivity contribution < 1.29 is 23.7 Å². The Bertz CT molecular complexity index is 1640. The van der Waals surface area contributed by atoms with Crippen molar-refractivity contribution in [1.82, 2.24) is 4.57 Å². The molecule has 0 bridgehead atoms. The molecule has 1 aliphatic rings. The molecule has 0 aliphatic carbocycles. The molecular formula is C30H33BrN2O6S. The number of ether oxygens (including phenoxy) is 4. The van der Waals surface area contributed by atoms with E-state index in [1.807, 2.05) is 51.1 Å². The van der Waals surface area contributed by atoms with E-state index in [1.165, 1.54) is 11.3 Å². The van der Waals surface area contributed by atoms with Crippen molar-refractivity contribution in [1.29, 1.82) is 0 Å². The van der Waals surface area contributed by atoms with E-state index in [2.05, 4.69) is 20.9 Å². The van der Waals surface area contributed by atoms with Crippen molar-refractivity contribution in [2.24, 2.45) is 4.99 Å². The molecule has 212 valence electrons. The fraction of sp³-hybridized carbons (Fsp3) is 0.367. The predicted molar refractivity (Wildman–Crippen MR) is 159 cm³/mol. The number of rotatable bonds is 9. The van der Waals surface area contributed by atoms with Crippen molar-refractivity contribution in [2.45, 2.75) is 59.8 Å². The van der Waals surface area contributed by atoms with E-state index < -0.39 is 12.0 Å². The first-order chi connectivity index (χ1) is 19.0. The van der Waals surface area contributed by atoms with Crippen LogP contribution in [0.4, 0.5) is 0 Å². The van der Waals surface area contributed by atoms with E-state index in [-0.39, 0.29) is 23.3 Å². The summed E-state index contributed by atoms with van der Waals surface area (Å²) in [5.41, 5.74) is 1.91. The number of benzene rings is 2. The molecule has 4 rings (SSSR count). The smallest absolute Gasteiger partial charge is 0.338 e. The highest BCUT2D eigenvalue weighted by molar-refractivity contribution is 9.10. The molecule has 2 aromatic carbocycles. The molecule has 0 fully saturated rings. The molecule has 0 spiro atoms. The molecule has 10 heteroatoms. The van der Waals surface area contributed by atoms with Crippen LogP contribution >= 0.6 is 27.3 Å². The average molecular weight is 630 g/mol. The van der Waals surface area contributed by atoms with Crippen molar-refractivity contribution in [2.75, 3.05) is 13.7 Å². The second kappa shape index (κ2) is 12.4. The van der Waals surface area contributed by atoms with E-state index in [0.717, 1.165) is 10.0 Å². The van der Waals surface area contributed by atoms with Gasteiger partial charge in [-0.1, -0.05) is 33.3 Å². The molecule has 0 radical (unpaired) electrons. The van der Waals surface area contributed by atoms with Crippen molar-refractivity contribution in [3.05, 3.63) is 83.0 Å². The third-order valence-electron chi connectivity index (χ3n) is 6.00. The molecule has 0 N–H and O–H groups in total. The van der Waals surface area contributed by atoms with E-state index in [0.29, 0.717) is 44.4 Å². The van der Waals surface area contributed by atoms with Gasteiger partial charge >= 0.3 is 5.97 Å². The maximum Gasteiger partial charge on any atom is 0.338 e. The quantitative estimate of drug-likeness (QED) is 0.305. The number of allylic oxidation sites excluding steroid dienone is 1. The maximum absolute atomic E-state index is 14.0. The maximum atomic E-state index is 14.0. The summed E-state index contributed by atoms with van der Waals surface area (Å²) in [7, 11) is 1.56. The highest BCUT2D eigenvalue weighted by Crippen LogP contribution is 2.37. The topological polar surface area (TPSA) is 88.4 Å². The Morgan fingerprint density at radius 1 is 1.10 bits per heavy atom. The third-order valence-corrected chi connectivity index (χ3v) is 7.47. The summed E-state index contributed by atoms with van der Waals surface area (Å²) in [6.07, 6.45) is 1.44. The molecule has 1 aliphatic heterocycles. The molecular weight excluding hydrogens is 596 g/mol. The van der Waals surface area contributed by atoms with Crippen LogP contribution in [0.15, 0.2) is 61.9 Å². The van der Waals surface area contributed by atoms with Gasteiger partial charge in [0.2, 0.25) is 0 Å².